The van der Waals surface area contributed by atoms with E-state index in [0.29, 0.717) is 0 Å². The largest absolute Gasteiger partial charge is 0.314 e. The van der Waals surface area contributed by atoms with Crippen LogP contribution in [0.25, 0.3) is 0 Å². The molecule has 1 aliphatic rings. The summed E-state index contributed by atoms with van der Waals surface area (Å²) >= 11 is 0. The lowest BCUT2D eigenvalue weighted by molar-refractivity contribution is -0.108. The second-order valence-electron chi connectivity index (χ2n) is 4.15. The Hall–Kier alpha value is -0.340. The van der Waals surface area contributed by atoms with E-state index < -0.39 is 0 Å². The highest BCUT2D eigenvalue weighted by molar-refractivity contribution is 4.86. The van der Waals surface area contributed by atoms with Crippen LogP contribution in [0.15, 0.2) is 12.7 Å². The molecule has 0 saturated carbocycles. The maximum atomic E-state index is 9.45. The van der Waals surface area contributed by atoms with Crippen LogP contribution in [0.4, 0.5) is 0 Å². The fraction of sp³-hybridized carbons (Fsp3) is 0.800. The molecule has 0 bridgehead atoms. The molecule has 12 heavy (non-hydrogen) atoms. The van der Waals surface area contributed by atoms with Crippen LogP contribution >= 0.6 is 0 Å². The lowest BCUT2D eigenvalue weighted by Gasteiger charge is -2.28. The normalized spacial score (nSPS) is 32.8. The van der Waals surface area contributed by atoms with Crippen molar-refractivity contribution in [3.05, 3.63) is 12.7 Å². The van der Waals surface area contributed by atoms with Crippen LogP contribution in [0.2, 0.25) is 0 Å². The standard InChI is InChI=1S/C10H19NO/c1-3-6-10(2)7-4-5-8-11(12)9-10/h3,12H,1,4-9H2,2H3. The van der Waals surface area contributed by atoms with Crippen LogP contribution in [-0.2, 0) is 0 Å². The lowest BCUT2D eigenvalue weighted by atomic mass is 9.82. The van der Waals surface area contributed by atoms with E-state index in [2.05, 4.69) is 13.5 Å². The van der Waals surface area contributed by atoms with Crippen LogP contribution in [0.1, 0.15) is 32.6 Å². The first-order valence-electron chi connectivity index (χ1n) is 4.71. The van der Waals surface area contributed by atoms with Gasteiger partial charge < -0.3 is 5.21 Å². The molecule has 1 aliphatic heterocycles. The molecule has 0 radical (unpaired) electrons. The minimum absolute atomic E-state index is 0.243. The zero-order valence-corrected chi connectivity index (χ0v) is 7.92. The molecule has 0 aromatic rings. The van der Waals surface area contributed by atoms with Crippen LogP contribution in [-0.4, -0.2) is 23.4 Å². The van der Waals surface area contributed by atoms with Crippen LogP contribution < -0.4 is 0 Å². The van der Waals surface area contributed by atoms with Gasteiger partial charge in [0.1, 0.15) is 0 Å². The number of nitrogens with zero attached hydrogens (tertiary/aromatic N) is 1. The Morgan fingerprint density at radius 3 is 3.00 bits per heavy atom. The van der Waals surface area contributed by atoms with Gasteiger partial charge in [0.05, 0.1) is 0 Å². The van der Waals surface area contributed by atoms with E-state index in [9.17, 15) is 5.21 Å². The summed E-state index contributed by atoms with van der Waals surface area (Å²) in [5, 5.41) is 10.9. The molecular formula is C10H19NO. The topological polar surface area (TPSA) is 23.5 Å². The highest BCUT2D eigenvalue weighted by atomic mass is 16.5. The van der Waals surface area contributed by atoms with E-state index in [0.717, 1.165) is 25.9 Å². The van der Waals surface area contributed by atoms with Crippen molar-refractivity contribution in [2.75, 3.05) is 13.1 Å². The molecule has 0 spiro atoms. The van der Waals surface area contributed by atoms with E-state index in [-0.39, 0.29) is 5.41 Å². The molecular weight excluding hydrogens is 150 g/mol. The lowest BCUT2D eigenvalue weighted by Crippen LogP contribution is -2.31. The molecule has 1 heterocycles. The summed E-state index contributed by atoms with van der Waals surface area (Å²) in [6.45, 7) is 7.60. The van der Waals surface area contributed by atoms with Gasteiger partial charge in [0, 0.05) is 13.1 Å². The summed E-state index contributed by atoms with van der Waals surface area (Å²) in [6.07, 6.45) is 6.50. The number of hydroxylamine groups is 2. The second kappa shape index (κ2) is 4.06. The molecule has 0 aliphatic carbocycles. The first kappa shape index (κ1) is 9.75. The Labute approximate surface area is 74.8 Å². The van der Waals surface area contributed by atoms with Gasteiger partial charge in [0.25, 0.3) is 0 Å². The molecule has 1 fully saturated rings. The van der Waals surface area contributed by atoms with Crippen molar-refractivity contribution in [3.63, 3.8) is 0 Å². The van der Waals surface area contributed by atoms with Gasteiger partial charge in [-0.05, 0) is 24.7 Å². The molecule has 1 saturated heterocycles. The number of allylic oxidation sites excluding steroid dienone is 1. The summed E-state index contributed by atoms with van der Waals surface area (Å²) in [5.41, 5.74) is 0.243. The third-order valence-corrected chi connectivity index (χ3v) is 2.65. The van der Waals surface area contributed by atoms with Crippen molar-refractivity contribution >= 4 is 0 Å². The third-order valence-electron chi connectivity index (χ3n) is 2.65. The van der Waals surface area contributed by atoms with Gasteiger partial charge in [0.2, 0.25) is 0 Å². The summed E-state index contributed by atoms with van der Waals surface area (Å²) in [6, 6.07) is 0. The maximum Gasteiger partial charge on any atom is 0.0295 e. The molecule has 1 atom stereocenters. The van der Waals surface area contributed by atoms with Gasteiger partial charge in [-0.2, -0.15) is 5.06 Å². The van der Waals surface area contributed by atoms with E-state index in [4.69, 9.17) is 0 Å². The molecule has 2 nitrogen and oxygen atoms in total. The van der Waals surface area contributed by atoms with Gasteiger partial charge in [-0.25, -0.2) is 0 Å². The van der Waals surface area contributed by atoms with Gasteiger partial charge in [-0.1, -0.05) is 19.4 Å². The SMILES string of the molecule is C=CCC1(C)CCCCN(O)C1. The number of hydrogen-bond acceptors (Lipinski definition) is 2. The Bertz CT molecular complexity index is 158. The van der Waals surface area contributed by atoms with Gasteiger partial charge in [0.15, 0.2) is 0 Å². The Morgan fingerprint density at radius 1 is 1.58 bits per heavy atom. The smallest absolute Gasteiger partial charge is 0.0295 e. The number of hydrogen-bond donors (Lipinski definition) is 1. The molecule has 0 amide bonds. The highest BCUT2D eigenvalue weighted by Crippen LogP contribution is 2.31. The van der Waals surface area contributed by atoms with Crippen LogP contribution in [0, 0.1) is 5.41 Å². The van der Waals surface area contributed by atoms with Crippen molar-refractivity contribution in [1.82, 2.24) is 5.06 Å². The van der Waals surface area contributed by atoms with Crippen molar-refractivity contribution in [3.8, 4) is 0 Å². The minimum Gasteiger partial charge on any atom is -0.314 e. The third kappa shape index (κ3) is 2.61. The molecule has 1 unspecified atom stereocenters. The Morgan fingerprint density at radius 2 is 2.33 bits per heavy atom. The van der Waals surface area contributed by atoms with E-state index in [1.165, 1.54) is 17.9 Å². The van der Waals surface area contributed by atoms with Crippen molar-refractivity contribution in [2.45, 2.75) is 32.6 Å². The Kier molecular flexibility index (Phi) is 3.29. The zero-order chi connectivity index (χ0) is 9.03. The average molecular weight is 169 g/mol. The van der Waals surface area contributed by atoms with Crippen LogP contribution in [0.3, 0.4) is 0 Å². The Balaban J connectivity index is 2.54. The van der Waals surface area contributed by atoms with Gasteiger partial charge in [-0.15, -0.1) is 6.58 Å². The summed E-state index contributed by atoms with van der Waals surface area (Å²) in [7, 11) is 0. The fourth-order valence-electron chi connectivity index (χ4n) is 1.96. The van der Waals surface area contributed by atoms with Crippen LogP contribution in [0.5, 0.6) is 0 Å². The molecule has 0 aromatic carbocycles. The zero-order valence-electron chi connectivity index (χ0n) is 7.92. The van der Waals surface area contributed by atoms with Crippen molar-refractivity contribution in [2.24, 2.45) is 5.41 Å². The summed E-state index contributed by atoms with van der Waals surface area (Å²) < 4.78 is 0. The predicted molar refractivity (Wildman–Crippen MR) is 50.1 cm³/mol. The van der Waals surface area contributed by atoms with Gasteiger partial charge in [-0.3, -0.25) is 0 Å². The molecule has 1 N–H and O–H groups in total. The summed E-state index contributed by atoms with van der Waals surface area (Å²) in [4.78, 5) is 0. The van der Waals surface area contributed by atoms with Gasteiger partial charge >= 0.3 is 0 Å². The van der Waals surface area contributed by atoms with E-state index >= 15 is 0 Å². The average Bonchev–Trinajstić information content (AvgIpc) is 2.12. The molecule has 1 rings (SSSR count). The predicted octanol–water partition coefficient (Wildman–Crippen LogP) is 2.44. The minimum atomic E-state index is 0.243. The molecule has 70 valence electrons. The molecule has 0 aromatic heterocycles. The first-order valence-corrected chi connectivity index (χ1v) is 4.71. The quantitative estimate of drug-likeness (QED) is 0.642. The van der Waals surface area contributed by atoms with Crippen molar-refractivity contribution in [1.29, 1.82) is 0 Å². The summed E-state index contributed by atoms with van der Waals surface area (Å²) in [5.74, 6) is 0. The second-order valence-corrected chi connectivity index (χ2v) is 4.15. The highest BCUT2D eigenvalue weighted by Gasteiger charge is 2.27. The maximum absolute atomic E-state index is 9.45. The van der Waals surface area contributed by atoms with Crippen molar-refractivity contribution < 1.29 is 5.21 Å². The fourth-order valence-corrected chi connectivity index (χ4v) is 1.96. The monoisotopic (exact) mass is 169 g/mol. The number of rotatable bonds is 2. The van der Waals surface area contributed by atoms with E-state index in [1.807, 2.05) is 6.08 Å². The first-order chi connectivity index (χ1) is 5.66. The molecule has 2 heteroatoms. The van der Waals surface area contributed by atoms with E-state index in [1.54, 1.807) is 0 Å².